The zero-order chi connectivity index (χ0) is 14.9. The minimum Gasteiger partial charge on any atom is -0.489 e. The highest BCUT2D eigenvalue weighted by molar-refractivity contribution is 6.23. The molecule has 0 amide bonds. The zero-order valence-electron chi connectivity index (χ0n) is 11.9. The molecule has 0 fully saturated rings. The molecule has 0 aliphatic carbocycles. The molecular formula is C17H17NO3. The number of aliphatic imine (C=N–C) groups is 1. The first kappa shape index (κ1) is 14.8. The molecule has 21 heavy (non-hydrogen) atoms. The summed E-state index contributed by atoms with van der Waals surface area (Å²) in [6.07, 6.45) is 1.17. The number of hydrogen-bond acceptors (Lipinski definition) is 4. The second kappa shape index (κ2) is 7.85. The normalized spacial score (nSPS) is 10.5. The van der Waals surface area contributed by atoms with E-state index in [-0.39, 0.29) is 0 Å². The first-order valence-electron chi connectivity index (χ1n) is 6.75. The largest absolute Gasteiger partial charge is 0.489 e. The first-order chi connectivity index (χ1) is 10.3. The Kier molecular flexibility index (Phi) is 5.52. The lowest BCUT2D eigenvalue weighted by molar-refractivity contribution is -0.134. The van der Waals surface area contributed by atoms with Gasteiger partial charge >= 0.3 is 5.97 Å². The summed E-state index contributed by atoms with van der Waals surface area (Å²) in [7, 11) is 0. The van der Waals surface area contributed by atoms with Gasteiger partial charge in [0.2, 0.25) is 0 Å². The summed E-state index contributed by atoms with van der Waals surface area (Å²) < 4.78 is 10.4. The van der Waals surface area contributed by atoms with E-state index >= 15 is 0 Å². The average molecular weight is 283 g/mol. The molecule has 0 aliphatic rings. The Morgan fingerprint density at radius 2 is 1.81 bits per heavy atom. The first-order valence-corrected chi connectivity index (χ1v) is 6.75. The van der Waals surface area contributed by atoms with Gasteiger partial charge in [0, 0.05) is 0 Å². The van der Waals surface area contributed by atoms with Crippen LogP contribution >= 0.6 is 0 Å². The van der Waals surface area contributed by atoms with Crippen molar-refractivity contribution in [2.45, 2.75) is 13.5 Å². The SMILES string of the molecule is CCOC(=O)C=Nc1ccc(OCc2ccccc2)cc1. The van der Waals surface area contributed by atoms with Gasteiger partial charge in [-0.3, -0.25) is 0 Å². The van der Waals surface area contributed by atoms with Crippen molar-refractivity contribution < 1.29 is 14.3 Å². The van der Waals surface area contributed by atoms with Crippen LogP contribution in [0.25, 0.3) is 0 Å². The predicted octanol–water partition coefficient (Wildman–Crippen LogP) is 3.53. The zero-order valence-corrected chi connectivity index (χ0v) is 11.9. The lowest BCUT2D eigenvalue weighted by Gasteiger charge is -2.06. The van der Waals surface area contributed by atoms with Crippen molar-refractivity contribution in [3.8, 4) is 5.75 Å². The summed E-state index contributed by atoms with van der Waals surface area (Å²) in [6.45, 7) is 2.62. The second-order valence-corrected chi connectivity index (χ2v) is 4.28. The molecule has 0 radical (unpaired) electrons. The fourth-order valence-corrected chi connectivity index (χ4v) is 1.68. The van der Waals surface area contributed by atoms with Crippen LogP contribution in [0.1, 0.15) is 12.5 Å². The molecule has 0 unspecified atom stereocenters. The van der Waals surface area contributed by atoms with Crippen molar-refractivity contribution in [1.29, 1.82) is 0 Å². The van der Waals surface area contributed by atoms with Crippen LogP contribution < -0.4 is 4.74 Å². The van der Waals surface area contributed by atoms with Gasteiger partial charge in [-0.1, -0.05) is 30.3 Å². The molecule has 0 saturated heterocycles. The van der Waals surface area contributed by atoms with E-state index < -0.39 is 5.97 Å². The predicted molar refractivity (Wildman–Crippen MR) is 82.0 cm³/mol. The summed E-state index contributed by atoms with van der Waals surface area (Å²) >= 11 is 0. The number of carbonyl (C=O) groups excluding carboxylic acids is 1. The summed E-state index contributed by atoms with van der Waals surface area (Å²) in [5.74, 6) is 0.316. The molecule has 2 aromatic rings. The van der Waals surface area contributed by atoms with Crippen LogP contribution in [0.4, 0.5) is 5.69 Å². The van der Waals surface area contributed by atoms with E-state index in [4.69, 9.17) is 9.47 Å². The number of benzene rings is 2. The smallest absolute Gasteiger partial charge is 0.349 e. The molecule has 0 N–H and O–H groups in total. The summed E-state index contributed by atoms with van der Waals surface area (Å²) in [4.78, 5) is 15.2. The van der Waals surface area contributed by atoms with Gasteiger partial charge in [0.15, 0.2) is 0 Å². The van der Waals surface area contributed by atoms with Gasteiger partial charge in [-0.05, 0) is 36.8 Å². The quantitative estimate of drug-likeness (QED) is 0.602. The van der Waals surface area contributed by atoms with Gasteiger partial charge in [0.1, 0.15) is 18.6 Å². The number of ether oxygens (including phenoxy) is 2. The van der Waals surface area contributed by atoms with Crippen LogP contribution in [0.2, 0.25) is 0 Å². The van der Waals surface area contributed by atoms with Crippen LogP contribution in [-0.2, 0) is 16.1 Å². The van der Waals surface area contributed by atoms with Crippen LogP contribution in [0, 0.1) is 0 Å². The lowest BCUT2D eigenvalue weighted by Crippen LogP contribution is -2.04. The van der Waals surface area contributed by atoms with Crippen LogP contribution in [-0.4, -0.2) is 18.8 Å². The van der Waals surface area contributed by atoms with E-state index in [1.807, 2.05) is 42.5 Å². The number of carbonyl (C=O) groups is 1. The van der Waals surface area contributed by atoms with Crippen LogP contribution in [0.5, 0.6) is 5.75 Å². The average Bonchev–Trinajstić information content (AvgIpc) is 2.53. The molecule has 0 bridgehead atoms. The Balaban J connectivity index is 1.88. The topological polar surface area (TPSA) is 47.9 Å². The third-order valence-electron chi connectivity index (χ3n) is 2.69. The molecule has 0 heterocycles. The van der Waals surface area contributed by atoms with Gasteiger partial charge < -0.3 is 9.47 Å². The lowest BCUT2D eigenvalue weighted by atomic mass is 10.2. The molecule has 2 aromatic carbocycles. The van der Waals surface area contributed by atoms with Crippen molar-refractivity contribution >= 4 is 17.9 Å². The Morgan fingerprint density at radius 1 is 1.10 bits per heavy atom. The molecule has 0 spiro atoms. The highest BCUT2D eigenvalue weighted by atomic mass is 16.5. The van der Waals surface area contributed by atoms with E-state index in [0.717, 1.165) is 11.3 Å². The van der Waals surface area contributed by atoms with Crippen molar-refractivity contribution in [3.05, 3.63) is 60.2 Å². The number of rotatable bonds is 6. The molecule has 0 aromatic heterocycles. The Morgan fingerprint density at radius 3 is 2.48 bits per heavy atom. The second-order valence-electron chi connectivity index (χ2n) is 4.28. The van der Waals surface area contributed by atoms with Crippen molar-refractivity contribution in [2.24, 2.45) is 4.99 Å². The minimum absolute atomic E-state index is 0.344. The van der Waals surface area contributed by atoms with E-state index in [2.05, 4.69) is 4.99 Å². The Labute approximate surface area is 124 Å². The van der Waals surface area contributed by atoms with Crippen LogP contribution in [0.3, 0.4) is 0 Å². The third-order valence-corrected chi connectivity index (χ3v) is 2.69. The van der Waals surface area contributed by atoms with E-state index in [9.17, 15) is 4.79 Å². The fourth-order valence-electron chi connectivity index (χ4n) is 1.68. The van der Waals surface area contributed by atoms with Crippen molar-refractivity contribution in [2.75, 3.05) is 6.61 Å². The molecule has 108 valence electrons. The standard InChI is InChI=1S/C17H17NO3/c1-2-20-17(19)12-18-15-8-10-16(11-9-15)21-13-14-6-4-3-5-7-14/h3-12H,2,13H2,1H3. The van der Waals surface area contributed by atoms with Crippen molar-refractivity contribution in [1.82, 2.24) is 0 Å². The van der Waals surface area contributed by atoms with E-state index in [1.54, 1.807) is 19.1 Å². The maximum Gasteiger partial charge on any atom is 0.349 e. The Bertz CT molecular complexity index is 591. The van der Waals surface area contributed by atoms with Crippen LogP contribution in [0.15, 0.2) is 59.6 Å². The summed E-state index contributed by atoms with van der Waals surface area (Å²) in [6, 6.07) is 17.2. The van der Waals surface area contributed by atoms with Gasteiger partial charge in [0.25, 0.3) is 0 Å². The molecular weight excluding hydrogens is 266 g/mol. The Hall–Kier alpha value is -2.62. The highest BCUT2D eigenvalue weighted by Crippen LogP contribution is 2.18. The van der Waals surface area contributed by atoms with Crippen molar-refractivity contribution in [3.63, 3.8) is 0 Å². The van der Waals surface area contributed by atoms with Gasteiger partial charge in [-0.2, -0.15) is 0 Å². The molecule has 4 heteroatoms. The number of esters is 1. The maximum absolute atomic E-state index is 11.1. The third kappa shape index (κ3) is 5.10. The minimum atomic E-state index is -0.443. The highest BCUT2D eigenvalue weighted by Gasteiger charge is 1.98. The molecule has 4 nitrogen and oxygen atoms in total. The number of nitrogens with zero attached hydrogens (tertiary/aromatic N) is 1. The molecule has 0 atom stereocenters. The maximum atomic E-state index is 11.1. The van der Waals surface area contributed by atoms with Gasteiger partial charge in [-0.15, -0.1) is 0 Å². The monoisotopic (exact) mass is 283 g/mol. The summed E-state index contributed by atoms with van der Waals surface area (Å²) in [5.41, 5.74) is 1.79. The number of hydrogen-bond donors (Lipinski definition) is 0. The van der Waals surface area contributed by atoms with E-state index in [0.29, 0.717) is 18.9 Å². The molecule has 0 saturated carbocycles. The van der Waals surface area contributed by atoms with E-state index in [1.165, 1.54) is 6.21 Å². The van der Waals surface area contributed by atoms with Gasteiger partial charge in [0.05, 0.1) is 12.3 Å². The summed E-state index contributed by atoms with van der Waals surface area (Å²) in [5, 5.41) is 0. The molecule has 2 rings (SSSR count). The fraction of sp³-hybridized carbons (Fsp3) is 0.176. The molecule has 0 aliphatic heterocycles. The van der Waals surface area contributed by atoms with Gasteiger partial charge in [-0.25, -0.2) is 9.79 Å².